The standard InChI is InChI=1S/C14H19ClO/c1-3-5-6-11-14(16-4-2)12-9-7-8-10-13(12)15/h4,7-10,14H,2-3,5-6,11H2,1H3. The molecule has 1 nitrogen and oxygen atoms in total. The number of unbranched alkanes of at least 4 members (excludes halogenated alkanes) is 2. The van der Waals surface area contributed by atoms with Gasteiger partial charge in [0.2, 0.25) is 0 Å². The van der Waals surface area contributed by atoms with Crippen LogP contribution in [0.25, 0.3) is 0 Å². The number of ether oxygens (including phenoxy) is 1. The van der Waals surface area contributed by atoms with Crippen LogP contribution >= 0.6 is 11.6 Å². The van der Waals surface area contributed by atoms with Crippen molar-refractivity contribution >= 4 is 11.6 Å². The maximum absolute atomic E-state index is 6.15. The molecule has 0 spiro atoms. The van der Waals surface area contributed by atoms with Gasteiger partial charge in [0, 0.05) is 10.6 Å². The first-order valence-corrected chi connectivity index (χ1v) is 6.18. The Kier molecular flexibility index (Phi) is 6.02. The minimum absolute atomic E-state index is 0.0396. The third-order valence-electron chi connectivity index (χ3n) is 2.58. The minimum Gasteiger partial charge on any atom is -0.494 e. The summed E-state index contributed by atoms with van der Waals surface area (Å²) in [5, 5.41) is 0.769. The average Bonchev–Trinajstić information content (AvgIpc) is 2.29. The van der Waals surface area contributed by atoms with E-state index in [9.17, 15) is 0 Å². The fourth-order valence-electron chi connectivity index (χ4n) is 1.73. The summed E-state index contributed by atoms with van der Waals surface area (Å²) >= 11 is 6.15. The lowest BCUT2D eigenvalue weighted by Crippen LogP contribution is -2.01. The molecule has 0 radical (unpaired) electrons. The van der Waals surface area contributed by atoms with Crippen molar-refractivity contribution in [3.05, 3.63) is 47.7 Å². The summed E-state index contributed by atoms with van der Waals surface area (Å²) in [6, 6.07) is 7.84. The highest BCUT2D eigenvalue weighted by molar-refractivity contribution is 6.31. The third-order valence-corrected chi connectivity index (χ3v) is 2.93. The fourth-order valence-corrected chi connectivity index (χ4v) is 1.99. The maximum Gasteiger partial charge on any atom is 0.124 e. The maximum atomic E-state index is 6.15. The Morgan fingerprint density at radius 2 is 2.12 bits per heavy atom. The summed E-state index contributed by atoms with van der Waals surface area (Å²) in [5.41, 5.74) is 1.06. The van der Waals surface area contributed by atoms with Crippen molar-refractivity contribution in [3.8, 4) is 0 Å². The van der Waals surface area contributed by atoms with Gasteiger partial charge in [0.25, 0.3) is 0 Å². The zero-order valence-electron chi connectivity index (χ0n) is 9.79. The third kappa shape index (κ3) is 3.90. The van der Waals surface area contributed by atoms with Gasteiger partial charge in [-0.3, -0.25) is 0 Å². The molecule has 16 heavy (non-hydrogen) atoms. The molecular formula is C14H19ClO. The van der Waals surface area contributed by atoms with E-state index in [1.165, 1.54) is 19.1 Å². The van der Waals surface area contributed by atoms with E-state index in [-0.39, 0.29) is 6.10 Å². The van der Waals surface area contributed by atoms with Gasteiger partial charge >= 0.3 is 0 Å². The van der Waals surface area contributed by atoms with E-state index in [2.05, 4.69) is 13.5 Å². The number of hydrogen-bond donors (Lipinski definition) is 0. The molecule has 1 atom stereocenters. The average molecular weight is 239 g/mol. The zero-order chi connectivity index (χ0) is 11.8. The molecule has 0 heterocycles. The summed E-state index contributed by atoms with van der Waals surface area (Å²) < 4.78 is 5.53. The lowest BCUT2D eigenvalue weighted by atomic mass is 10.0. The number of halogens is 1. The molecule has 2 heteroatoms. The van der Waals surface area contributed by atoms with Gasteiger partial charge in [-0.05, 0) is 18.9 Å². The highest BCUT2D eigenvalue weighted by Crippen LogP contribution is 2.29. The summed E-state index contributed by atoms with van der Waals surface area (Å²) in [4.78, 5) is 0. The second-order valence-electron chi connectivity index (χ2n) is 3.81. The van der Waals surface area contributed by atoms with Crippen molar-refractivity contribution in [1.29, 1.82) is 0 Å². The quantitative estimate of drug-likeness (QED) is 0.473. The highest BCUT2D eigenvalue weighted by Gasteiger charge is 2.13. The molecule has 0 bridgehead atoms. The van der Waals surface area contributed by atoms with Gasteiger partial charge in [-0.15, -0.1) is 0 Å². The Bertz CT molecular complexity index is 322. The molecule has 1 aromatic carbocycles. The monoisotopic (exact) mass is 238 g/mol. The van der Waals surface area contributed by atoms with Crippen molar-refractivity contribution in [3.63, 3.8) is 0 Å². The summed E-state index contributed by atoms with van der Waals surface area (Å²) in [6.07, 6.45) is 6.12. The first kappa shape index (κ1) is 13.1. The van der Waals surface area contributed by atoms with Crippen molar-refractivity contribution in [2.24, 2.45) is 0 Å². The Labute approximate surface area is 103 Å². The highest BCUT2D eigenvalue weighted by atomic mass is 35.5. The second-order valence-corrected chi connectivity index (χ2v) is 4.22. The zero-order valence-corrected chi connectivity index (χ0v) is 10.5. The topological polar surface area (TPSA) is 9.23 Å². The van der Waals surface area contributed by atoms with Crippen LogP contribution in [0, 0.1) is 0 Å². The van der Waals surface area contributed by atoms with Crippen LogP contribution in [0.15, 0.2) is 37.1 Å². The van der Waals surface area contributed by atoms with E-state index >= 15 is 0 Å². The van der Waals surface area contributed by atoms with Crippen LogP contribution in [0.1, 0.15) is 44.3 Å². The molecule has 0 aromatic heterocycles. The lowest BCUT2D eigenvalue weighted by molar-refractivity contribution is 0.135. The summed E-state index contributed by atoms with van der Waals surface area (Å²) in [6.45, 7) is 5.81. The fraction of sp³-hybridized carbons (Fsp3) is 0.429. The van der Waals surface area contributed by atoms with Crippen LogP contribution in [0.5, 0.6) is 0 Å². The Balaban J connectivity index is 2.69. The van der Waals surface area contributed by atoms with Gasteiger partial charge in [-0.1, -0.05) is 56.1 Å². The molecule has 0 amide bonds. The smallest absolute Gasteiger partial charge is 0.124 e. The molecule has 0 aliphatic carbocycles. The minimum atomic E-state index is 0.0396. The molecule has 0 saturated heterocycles. The molecule has 1 unspecified atom stereocenters. The molecule has 88 valence electrons. The van der Waals surface area contributed by atoms with Gasteiger partial charge in [0.1, 0.15) is 6.10 Å². The molecule has 0 aliphatic heterocycles. The van der Waals surface area contributed by atoms with E-state index in [0.29, 0.717) is 0 Å². The lowest BCUT2D eigenvalue weighted by Gasteiger charge is -2.17. The van der Waals surface area contributed by atoms with Crippen LogP contribution in [0.4, 0.5) is 0 Å². The predicted octanol–water partition coefficient (Wildman–Crippen LogP) is 5.12. The van der Waals surface area contributed by atoms with Crippen molar-refractivity contribution in [2.75, 3.05) is 0 Å². The van der Waals surface area contributed by atoms with Gasteiger partial charge in [0.05, 0.1) is 6.26 Å². The van der Waals surface area contributed by atoms with Crippen LogP contribution in [0.3, 0.4) is 0 Å². The van der Waals surface area contributed by atoms with Crippen LogP contribution < -0.4 is 0 Å². The molecule has 1 rings (SSSR count). The Morgan fingerprint density at radius 1 is 1.38 bits per heavy atom. The summed E-state index contributed by atoms with van der Waals surface area (Å²) in [5.74, 6) is 0. The van der Waals surface area contributed by atoms with E-state index < -0.39 is 0 Å². The van der Waals surface area contributed by atoms with E-state index in [1.807, 2.05) is 24.3 Å². The van der Waals surface area contributed by atoms with Crippen molar-refractivity contribution in [2.45, 2.75) is 38.7 Å². The number of rotatable bonds is 7. The van der Waals surface area contributed by atoms with Crippen molar-refractivity contribution in [1.82, 2.24) is 0 Å². The van der Waals surface area contributed by atoms with Gasteiger partial charge in [0.15, 0.2) is 0 Å². The molecule has 0 aliphatic rings. The van der Waals surface area contributed by atoms with E-state index in [4.69, 9.17) is 16.3 Å². The Morgan fingerprint density at radius 3 is 2.75 bits per heavy atom. The summed E-state index contributed by atoms with van der Waals surface area (Å²) in [7, 11) is 0. The molecule has 1 aromatic rings. The SMILES string of the molecule is C=COC(CCCCC)c1ccccc1Cl. The first-order valence-electron chi connectivity index (χ1n) is 5.80. The van der Waals surface area contributed by atoms with Crippen LogP contribution in [0.2, 0.25) is 5.02 Å². The largest absolute Gasteiger partial charge is 0.494 e. The molecule has 0 fully saturated rings. The number of hydrogen-bond acceptors (Lipinski definition) is 1. The first-order chi connectivity index (χ1) is 7.79. The molecular weight excluding hydrogens is 220 g/mol. The molecule has 0 saturated carbocycles. The van der Waals surface area contributed by atoms with Gasteiger partial charge in [-0.25, -0.2) is 0 Å². The normalized spacial score (nSPS) is 12.1. The van der Waals surface area contributed by atoms with Gasteiger partial charge in [-0.2, -0.15) is 0 Å². The van der Waals surface area contributed by atoms with Gasteiger partial charge < -0.3 is 4.74 Å². The van der Waals surface area contributed by atoms with Crippen LogP contribution in [-0.2, 0) is 4.74 Å². The predicted molar refractivity (Wildman–Crippen MR) is 69.6 cm³/mol. The van der Waals surface area contributed by atoms with Crippen LogP contribution in [-0.4, -0.2) is 0 Å². The van der Waals surface area contributed by atoms with E-state index in [0.717, 1.165) is 23.4 Å². The second kappa shape index (κ2) is 7.34. The number of benzene rings is 1. The molecule has 0 N–H and O–H groups in total. The van der Waals surface area contributed by atoms with E-state index in [1.54, 1.807) is 0 Å². The van der Waals surface area contributed by atoms with Crippen molar-refractivity contribution < 1.29 is 4.74 Å². The Hall–Kier alpha value is -0.950.